The van der Waals surface area contributed by atoms with Crippen LogP contribution in [0.25, 0.3) is 43.4 Å². The minimum atomic E-state index is -0.671. The minimum Gasteiger partial charge on any atom is -0.310 e. The van der Waals surface area contributed by atoms with Crippen molar-refractivity contribution < 1.29 is 0 Å². The third kappa shape index (κ3) is 8.10. The van der Waals surface area contributed by atoms with Crippen LogP contribution in [0, 0.1) is 0 Å². The summed E-state index contributed by atoms with van der Waals surface area (Å²) in [6, 6.07) is 87.8. The first kappa shape index (κ1) is 47.8. The van der Waals surface area contributed by atoms with E-state index in [1.807, 2.05) is 0 Å². The Bertz CT molecular complexity index is 3710. The molecule has 11 aromatic carbocycles. The molecule has 0 unspecified atom stereocenters. The van der Waals surface area contributed by atoms with Gasteiger partial charge in [0.25, 0.3) is 0 Å². The Morgan fingerprint density at radius 3 is 1.08 bits per heavy atom. The van der Waals surface area contributed by atoms with E-state index in [1.54, 1.807) is 0 Å². The smallest absolute Gasteiger partial charge is 0.0725 e. The van der Waals surface area contributed by atoms with Crippen molar-refractivity contribution in [1.82, 2.24) is 0 Å². The van der Waals surface area contributed by atoms with E-state index < -0.39 is 5.41 Å². The predicted octanol–water partition coefficient (Wildman–Crippen LogP) is 20.9. The molecule has 0 spiro atoms. The third-order valence-corrected chi connectivity index (χ3v) is 16.2. The van der Waals surface area contributed by atoms with Crippen LogP contribution in [-0.2, 0) is 5.41 Å². The van der Waals surface area contributed by atoms with Crippen molar-refractivity contribution in [3.8, 4) is 11.1 Å². The maximum absolute atomic E-state index is 2.47. The Hall–Kier alpha value is -8.20. The highest BCUT2D eigenvalue weighted by Gasteiger charge is 2.49. The summed E-state index contributed by atoms with van der Waals surface area (Å²) in [7, 11) is 0. The van der Waals surface area contributed by atoms with Gasteiger partial charge in [0.15, 0.2) is 0 Å². The second-order valence-corrected chi connectivity index (χ2v) is 22.1. The molecule has 0 heterocycles. The summed E-state index contributed by atoms with van der Waals surface area (Å²) >= 11 is 0. The largest absolute Gasteiger partial charge is 0.310 e. The zero-order valence-corrected chi connectivity index (χ0v) is 44.6. The van der Waals surface area contributed by atoms with E-state index in [-0.39, 0.29) is 0 Å². The van der Waals surface area contributed by atoms with Crippen LogP contribution in [0.1, 0.15) is 124 Å². The summed E-state index contributed by atoms with van der Waals surface area (Å²) in [6.07, 6.45) is 0. The van der Waals surface area contributed by atoms with Gasteiger partial charge in [-0.1, -0.05) is 213 Å². The maximum atomic E-state index is 2.47. The van der Waals surface area contributed by atoms with Gasteiger partial charge in [-0.3, -0.25) is 0 Å². The van der Waals surface area contributed by atoms with Gasteiger partial charge in [0.2, 0.25) is 0 Å². The molecule has 0 radical (unpaired) electrons. The highest BCUT2D eigenvalue weighted by molar-refractivity contribution is 6.21. The van der Waals surface area contributed by atoms with Crippen LogP contribution < -0.4 is 9.80 Å². The van der Waals surface area contributed by atoms with Crippen molar-refractivity contribution in [1.29, 1.82) is 0 Å². The van der Waals surface area contributed by atoms with Crippen molar-refractivity contribution in [2.45, 2.75) is 84.5 Å². The van der Waals surface area contributed by atoms with E-state index in [9.17, 15) is 0 Å². The molecule has 1 aliphatic carbocycles. The fourth-order valence-corrected chi connectivity index (χ4v) is 12.2. The van der Waals surface area contributed by atoms with Gasteiger partial charge in [-0.2, -0.15) is 0 Å². The number of nitrogens with zero attached hydrogens (tertiary/aromatic N) is 2. The number of hydrogen-bond acceptors (Lipinski definition) is 2. The van der Waals surface area contributed by atoms with Crippen LogP contribution in [0.3, 0.4) is 0 Å². The molecule has 0 fully saturated rings. The van der Waals surface area contributed by atoms with Gasteiger partial charge in [0, 0.05) is 34.1 Å². The van der Waals surface area contributed by atoms with Crippen molar-refractivity contribution in [2.75, 3.05) is 9.80 Å². The van der Waals surface area contributed by atoms with Gasteiger partial charge in [-0.25, -0.2) is 0 Å². The average Bonchev–Trinajstić information content (AvgIpc) is 3.77. The molecular weight excluding hydrogens is 905 g/mol. The standard InChI is InChI=1S/C73H66N2/c1-47(2)51-23-32-58(33-24-51)74(59-34-25-52(26-35-59)48(3)4)62-40-43-64-55(45-62)31-42-68-70-66-22-16-15-21-65(66)69-46-63(75(60-36-27-53(28-37-60)49(5)6)61-38-29-54(30-39-61)50(7)8)41-44-67(69)72(70)73(71(64)68,56-17-11-9-12-18-56)57-19-13-10-14-20-57/h9-50H,1-8H3. The lowest BCUT2D eigenvalue weighted by Gasteiger charge is -2.36. The number of rotatable bonds is 12. The summed E-state index contributed by atoms with van der Waals surface area (Å²) in [4.78, 5) is 4.87. The lowest BCUT2D eigenvalue weighted by molar-refractivity contribution is 0.783. The average molecular weight is 971 g/mol. The second-order valence-electron chi connectivity index (χ2n) is 22.1. The van der Waals surface area contributed by atoms with Gasteiger partial charge in [0.1, 0.15) is 0 Å². The summed E-state index contributed by atoms with van der Waals surface area (Å²) < 4.78 is 0. The molecule has 0 aliphatic heterocycles. The van der Waals surface area contributed by atoms with E-state index in [2.05, 4.69) is 296 Å². The normalized spacial score (nSPS) is 12.9. The molecule has 0 saturated heterocycles. The third-order valence-electron chi connectivity index (χ3n) is 16.2. The lowest BCUT2D eigenvalue weighted by Crippen LogP contribution is -2.29. The fourth-order valence-electron chi connectivity index (χ4n) is 12.2. The van der Waals surface area contributed by atoms with Crippen molar-refractivity contribution in [3.05, 3.63) is 275 Å². The molecule has 0 saturated carbocycles. The summed E-state index contributed by atoms with van der Waals surface area (Å²) in [5.41, 5.74) is 19.2. The molecule has 1 aliphatic rings. The number of hydrogen-bond donors (Lipinski definition) is 0. The molecule has 75 heavy (non-hydrogen) atoms. The van der Waals surface area contributed by atoms with E-state index in [1.165, 1.54) is 88.0 Å². The fraction of sp³-hybridized carbons (Fsp3) is 0.178. The Morgan fingerprint density at radius 1 is 0.280 bits per heavy atom. The lowest BCUT2D eigenvalue weighted by atomic mass is 9.65. The first-order valence-electron chi connectivity index (χ1n) is 27.2. The van der Waals surface area contributed by atoms with E-state index in [0.29, 0.717) is 23.7 Å². The summed E-state index contributed by atoms with van der Waals surface area (Å²) in [5.74, 6) is 1.79. The minimum absolute atomic E-state index is 0.444. The molecule has 0 N–H and O–H groups in total. The second kappa shape index (κ2) is 19.3. The molecule has 0 atom stereocenters. The van der Waals surface area contributed by atoms with E-state index >= 15 is 0 Å². The van der Waals surface area contributed by atoms with Crippen molar-refractivity contribution in [2.24, 2.45) is 0 Å². The van der Waals surface area contributed by atoms with Gasteiger partial charge < -0.3 is 9.80 Å². The van der Waals surface area contributed by atoms with E-state index in [0.717, 1.165) is 34.1 Å². The quantitative estimate of drug-likeness (QED) is 0.113. The van der Waals surface area contributed by atoms with Gasteiger partial charge in [-0.05, 0) is 184 Å². The van der Waals surface area contributed by atoms with Crippen LogP contribution in [0.4, 0.5) is 34.1 Å². The molecule has 0 amide bonds. The zero-order chi connectivity index (χ0) is 51.5. The van der Waals surface area contributed by atoms with Gasteiger partial charge in [-0.15, -0.1) is 0 Å². The Labute approximate surface area is 444 Å². The van der Waals surface area contributed by atoms with Crippen LogP contribution >= 0.6 is 0 Å². The number of fused-ring (bicyclic) bond motifs is 10. The Balaban J connectivity index is 1.13. The molecule has 368 valence electrons. The Morgan fingerprint density at radius 2 is 0.653 bits per heavy atom. The topological polar surface area (TPSA) is 6.48 Å². The first-order chi connectivity index (χ1) is 36.5. The molecule has 0 bridgehead atoms. The molecule has 12 rings (SSSR count). The molecule has 2 heteroatoms. The summed E-state index contributed by atoms with van der Waals surface area (Å²) in [6.45, 7) is 18.1. The zero-order valence-electron chi connectivity index (χ0n) is 44.6. The van der Waals surface area contributed by atoms with Gasteiger partial charge >= 0.3 is 0 Å². The van der Waals surface area contributed by atoms with Crippen LogP contribution in [0.2, 0.25) is 0 Å². The predicted molar refractivity (Wildman–Crippen MR) is 322 cm³/mol. The first-order valence-corrected chi connectivity index (χ1v) is 27.2. The van der Waals surface area contributed by atoms with Crippen LogP contribution in [0.5, 0.6) is 0 Å². The summed E-state index contributed by atoms with van der Waals surface area (Å²) in [5, 5.41) is 7.46. The SMILES string of the molecule is CC(C)c1ccc(N(c2ccc(C(C)C)cc2)c2ccc3c4c(ccc3c2)-c2c(c3ccc(N(c5ccc(C(C)C)cc5)c5ccc(C(C)C)cc5)cc3c3ccccc23)C4(c2ccccc2)c2ccccc2)cc1. The molecule has 2 nitrogen and oxygen atoms in total. The molecule has 11 aromatic rings. The van der Waals surface area contributed by atoms with Crippen LogP contribution in [-0.4, -0.2) is 0 Å². The molecule has 0 aromatic heterocycles. The van der Waals surface area contributed by atoms with Crippen molar-refractivity contribution in [3.63, 3.8) is 0 Å². The number of anilines is 6. The highest BCUT2D eigenvalue weighted by Crippen LogP contribution is 2.62. The monoisotopic (exact) mass is 971 g/mol. The molecular formula is C73H66N2. The van der Waals surface area contributed by atoms with E-state index in [4.69, 9.17) is 0 Å². The van der Waals surface area contributed by atoms with Crippen LogP contribution in [0.15, 0.2) is 231 Å². The van der Waals surface area contributed by atoms with Crippen molar-refractivity contribution >= 4 is 66.4 Å². The van der Waals surface area contributed by atoms with Gasteiger partial charge in [0.05, 0.1) is 5.41 Å². The number of benzene rings is 11. The Kier molecular flexibility index (Phi) is 12.3. The highest BCUT2D eigenvalue weighted by atomic mass is 15.1. The maximum Gasteiger partial charge on any atom is 0.0725 e.